The van der Waals surface area contributed by atoms with E-state index in [1.165, 1.54) is 5.56 Å². The zero-order valence-corrected chi connectivity index (χ0v) is 14.5. The third kappa shape index (κ3) is 3.19. The van der Waals surface area contributed by atoms with Gasteiger partial charge < -0.3 is 9.47 Å². The summed E-state index contributed by atoms with van der Waals surface area (Å²) in [6.45, 7) is 3.01. The average molecular weight is 349 g/mol. The molecule has 0 radical (unpaired) electrons. The molecule has 2 nitrogen and oxygen atoms in total. The minimum absolute atomic E-state index is 0.451. The third-order valence-electron chi connectivity index (χ3n) is 3.73. The molecule has 0 aromatic heterocycles. The second kappa shape index (κ2) is 7.29. The lowest BCUT2D eigenvalue weighted by Gasteiger charge is -2.17. The second-order valence-electron chi connectivity index (χ2n) is 5.33. The number of halogens is 2. The highest BCUT2D eigenvalue weighted by Gasteiger charge is 2.16. The Morgan fingerprint density at radius 3 is 1.83 bits per heavy atom. The summed E-state index contributed by atoms with van der Waals surface area (Å²) in [5, 5.41) is 4.13. The van der Waals surface area contributed by atoms with E-state index < -0.39 is 0 Å². The number of ether oxygens (including phenoxy) is 2. The molecule has 23 heavy (non-hydrogen) atoms. The zero-order valence-electron chi connectivity index (χ0n) is 12.9. The van der Waals surface area contributed by atoms with Gasteiger partial charge in [0.15, 0.2) is 0 Å². The van der Waals surface area contributed by atoms with Gasteiger partial charge >= 0.3 is 0 Å². The molecule has 3 aromatic rings. The van der Waals surface area contributed by atoms with E-state index in [2.05, 4.69) is 25.1 Å². The first-order chi connectivity index (χ1) is 11.3. The Hall–Kier alpha value is -1.64. The predicted molar refractivity (Wildman–Crippen MR) is 98.6 cm³/mol. The second-order valence-corrected chi connectivity index (χ2v) is 6.08. The molecule has 0 bridgehead atoms. The molecule has 0 unspecified atom stereocenters. The molecule has 0 atom stereocenters. The molecule has 0 aliphatic rings. The van der Waals surface area contributed by atoms with Gasteiger partial charge in [0.1, 0.15) is 24.7 Å². The van der Waals surface area contributed by atoms with Crippen LogP contribution in [0, 0.1) is 6.92 Å². The third-order valence-corrected chi connectivity index (χ3v) is 4.04. The lowest BCUT2D eigenvalue weighted by atomic mass is 9.99. The van der Waals surface area contributed by atoms with Gasteiger partial charge in [0, 0.05) is 21.5 Å². The number of fused-ring (bicyclic) bond motifs is 2. The Morgan fingerprint density at radius 1 is 0.739 bits per heavy atom. The Labute approximate surface area is 145 Å². The molecular weight excluding hydrogens is 331 g/mol. The summed E-state index contributed by atoms with van der Waals surface area (Å²) in [7, 11) is 0. The van der Waals surface area contributed by atoms with Crippen molar-refractivity contribution in [1.29, 1.82) is 0 Å². The van der Waals surface area contributed by atoms with E-state index >= 15 is 0 Å². The SMILES string of the molecule is Cc1ccc2c(OCCCl)c3ccccc3c(OCCCl)c2c1. The van der Waals surface area contributed by atoms with Crippen LogP contribution in [0.2, 0.25) is 0 Å². The molecule has 0 N–H and O–H groups in total. The number of benzene rings is 3. The molecule has 3 aromatic carbocycles. The summed E-state index contributed by atoms with van der Waals surface area (Å²) >= 11 is 11.6. The first-order valence-electron chi connectivity index (χ1n) is 7.59. The summed E-state index contributed by atoms with van der Waals surface area (Å²) in [4.78, 5) is 0. The minimum atomic E-state index is 0.451. The molecule has 120 valence electrons. The highest BCUT2D eigenvalue weighted by Crippen LogP contribution is 2.43. The predicted octanol–water partition coefficient (Wildman–Crippen LogP) is 5.54. The van der Waals surface area contributed by atoms with Crippen LogP contribution in [0.1, 0.15) is 5.56 Å². The van der Waals surface area contributed by atoms with E-state index in [1.807, 2.05) is 24.3 Å². The van der Waals surface area contributed by atoms with Crippen LogP contribution in [0.25, 0.3) is 21.5 Å². The van der Waals surface area contributed by atoms with Gasteiger partial charge in [-0.15, -0.1) is 23.2 Å². The molecule has 4 heteroatoms. The van der Waals surface area contributed by atoms with Crippen molar-refractivity contribution in [2.24, 2.45) is 0 Å². The number of alkyl halides is 2. The fraction of sp³-hybridized carbons (Fsp3) is 0.263. The normalized spacial score (nSPS) is 11.1. The van der Waals surface area contributed by atoms with Crippen LogP contribution in [-0.2, 0) is 0 Å². The van der Waals surface area contributed by atoms with Crippen molar-refractivity contribution >= 4 is 44.7 Å². The summed E-state index contributed by atoms with van der Waals surface area (Å²) in [6, 6.07) is 14.4. The van der Waals surface area contributed by atoms with Gasteiger partial charge in [-0.05, 0) is 13.0 Å². The molecule has 0 saturated carbocycles. The van der Waals surface area contributed by atoms with Gasteiger partial charge in [-0.3, -0.25) is 0 Å². The van der Waals surface area contributed by atoms with Crippen molar-refractivity contribution in [1.82, 2.24) is 0 Å². The number of hydrogen-bond acceptors (Lipinski definition) is 2. The number of rotatable bonds is 6. The molecule has 0 saturated heterocycles. The van der Waals surface area contributed by atoms with Crippen LogP contribution in [0.15, 0.2) is 42.5 Å². The van der Waals surface area contributed by atoms with Gasteiger partial charge in [-0.2, -0.15) is 0 Å². The maximum absolute atomic E-state index is 5.98. The lowest BCUT2D eigenvalue weighted by molar-refractivity contribution is 0.345. The van der Waals surface area contributed by atoms with E-state index in [4.69, 9.17) is 32.7 Å². The van der Waals surface area contributed by atoms with Crippen LogP contribution >= 0.6 is 23.2 Å². The molecule has 0 amide bonds. The maximum atomic E-state index is 5.98. The largest absolute Gasteiger partial charge is 0.491 e. The van der Waals surface area contributed by atoms with Crippen molar-refractivity contribution in [3.8, 4) is 11.5 Å². The fourth-order valence-electron chi connectivity index (χ4n) is 2.81. The summed E-state index contributed by atoms with van der Waals surface area (Å²) in [6.07, 6.45) is 0. The minimum Gasteiger partial charge on any atom is -0.491 e. The van der Waals surface area contributed by atoms with Crippen molar-refractivity contribution in [2.45, 2.75) is 6.92 Å². The Balaban J connectivity index is 2.35. The summed E-state index contributed by atoms with van der Waals surface area (Å²) in [5.41, 5.74) is 1.17. The van der Waals surface area contributed by atoms with Crippen molar-refractivity contribution in [3.63, 3.8) is 0 Å². The van der Waals surface area contributed by atoms with Crippen molar-refractivity contribution < 1.29 is 9.47 Å². The lowest BCUT2D eigenvalue weighted by Crippen LogP contribution is -2.03. The standard InChI is InChI=1S/C19H18Cl2O2/c1-13-6-7-16-17(12-13)19(23-11-9-21)15-5-3-2-4-14(15)18(16)22-10-8-20/h2-7,12H,8-11H2,1H3. The Kier molecular flexibility index (Phi) is 5.14. The fourth-order valence-corrected chi connectivity index (χ4v) is 2.96. The quantitative estimate of drug-likeness (QED) is 0.430. The Morgan fingerprint density at radius 2 is 1.26 bits per heavy atom. The maximum Gasteiger partial charge on any atom is 0.135 e. The Bertz CT molecular complexity index is 830. The first-order valence-corrected chi connectivity index (χ1v) is 8.65. The molecular formula is C19H18Cl2O2. The van der Waals surface area contributed by atoms with Gasteiger partial charge in [-0.25, -0.2) is 0 Å². The zero-order chi connectivity index (χ0) is 16.2. The van der Waals surface area contributed by atoms with Gasteiger partial charge in [0.2, 0.25) is 0 Å². The summed E-state index contributed by atoms with van der Waals surface area (Å²) in [5.74, 6) is 2.62. The van der Waals surface area contributed by atoms with E-state index in [1.54, 1.807) is 0 Å². The van der Waals surface area contributed by atoms with Crippen molar-refractivity contribution in [3.05, 3.63) is 48.0 Å². The summed E-state index contributed by atoms with van der Waals surface area (Å²) < 4.78 is 12.0. The highest BCUT2D eigenvalue weighted by molar-refractivity contribution is 6.18. The van der Waals surface area contributed by atoms with E-state index in [9.17, 15) is 0 Å². The van der Waals surface area contributed by atoms with Gasteiger partial charge in [-0.1, -0.05) is 42.0 Å². The number of aryl methyl sites for hydroxylation is 1. The highest BCUT2D eigenvalue weighted by atomic mass is 35.5. The van der Waals surface area contributed by atoms with Gasteiger partial charge in [0.25, 0.3) is 0 Å². The van der Waals surface area contributed by atoms with E-state index in [0.29, 0.717) is 25.0 Å². The van der Waals surface area contributed by atoms with E-state index in [-0.39, 0.29) is 0 Å². The van der Waals surface area contributed by atoms with Gasteiger partial charge in [0.05, 0.1) is 11.8 Å². The van der Waals surface area contributed by atoms with Crippen LogP contribution in [0.4, 0.5) is 0 Å². The molecule has 0 aliphatic carbocycles. The topological polar surface area (TPSA) is 18.5 Å². The molecule has 0 fully saturated rings. The van der Waals surface area contributed by atoms with Crippen molar-refractivity contribution in [2.75, 3.05) is 25.0 Å². The smallest absolute Gasteiger partial charge is 0.135 e. The van der Waals surface area contributed by atoms with Crippen LogP contribution in [0.5, 0.6) is 11.5 Å². The average Bonchev–Trinajstić information content (AvgIpc) is 2.58. The molecule has 3 rings (SSSR count). The monoisotopic (exact) mass is 348 g/mol. The molecule has 0 heterocycles. The molecule has 0 spiro atoms. The number of hydrogen-bond donors (Lipinski definition) is 0. The van der Waals surface area contributed by atoms with Crippen LogP contribution in [0.3, 0.4) is 0 Å². The van der Waals surface area contributed by atoms with Crippen LogP contribution in [-0.4, -0.2) is 25.0 Å². The van der Waals surface area contributed by atoms with Crippen LogP contribution < -0.4 is 9.47 Å². The van der Waals surface area contributed by atoms with E-state index in [0.717, 1.165) is 33.0 Å². The molecule has 0 aliphatic heterocycles. The first kappa shape index (κ1) is 16.2.